The molecule has 5 aliphatic rings. The zero-order valence-corrected chi connectivity index (χ0v) is 30.9. The van der Waals surface area contributed by atoms with Gasteiger partial charge in [-0.2, -0.15) is 0 Å². The van der Waals surface area contributed by atoms with Crippen LogP contribution in [-0.4, -0.2) is 59.9 Å². The van der Waals surface area contributed by atoms with E-state index in [-0.39, 0.29) is 41.0 Å². The highest BCUT2D eigenvalue weighted by Crippen LogP contribution is 2.69. The molecule has 1 heterocycles. The van der Waals surface area contributed by atoms with Crippen molar-refractivity contribution in [2.24, 2.45) is 28.6 Å². The lowest BCUT2D eigenvalue weighted by Gasteiger charge is -2.63. The number of carbonyl (C=O) groups excluding carboxylic acids is 1. The van der Waals surface area contributed by atoms with Crippen LogP contribution in [-0.2, 0) is 27.9 Å². The minimum Gasteiger partial charge on any atom is -0.458 e. The van der Waals surface area contributed by atoms with E-state index < -0.39 is 22.4 Å². The van der Waals surface area contributed by atoms with Crippen LogP contribution in [0.3, 0.4) is 0 Å². The number of carbonyl (C=O) groups is 1. The molecule has 3 saturated carbocycles. The fraction of sp³-hybridized carbons (Fsp3) is 0.914. The zero-order chi connectivity index (χ0) is 31.3. The van der Waals surface area contributed by atoms with E-state index in [9.17, 15) is 4.79 Å². The van der Waals surface area contributed by atoms with Gasteiger partial charge in [-0.25, -0.2) is 0 Å². The van der Waals surface area contributed by atoms with Crippen molar-refractivity contribution in [3.63, 3.8) is 0 Å². The Balaban J connectivity index is 1.60. The number of esters is 1. The van der Waals surface area contributed by atoms with Gasteiger partial charge in [-0.3, -0.25) is 4.79 Å². The van der Waals surface area contributed by atoms with Crippen molar-refractivity contribution < 1.29 is 27.9 Å². The Morgan fingerprint density at radius 1 is 0.884 bits per heavy atom. The van der Waals surface area contributed by atoms with Crippen LogP contribution in [0.5, 0.6) is 0 Å². The standard InChI is InChI=1S/C35H62O6Si2/c1-10-42(11-2,12-3)40-27-16-18-33(8)26(22-27)23-29(39-25(7)36)31-28-17-19-35(37-20-21-38-35)34(28,9)24-30(32(31)33)41-43(13-4,14-5)15-6/h23,27-32H,10-22,24H2,1-9H3/t27-,28-,29-,30-,31+,32-,33-,34-/m0/s1. The largest absolute Gasteiger partial charge is 0.458 e. The second-order valence-electron chi connectivity index (χ2n) is 15.1. The van der Waals surface area contributed by atoms with Gasteiger partial charge in [0.2, 0.25) is 0 Å². The number of hydrogen-bond acceptors (Lipinski definition) is 6. The van der Waals surface area contributed by atoms with Crippen molar-refractivity contribution in [3.8, 4) is 0 Å². The van der Waals surface area contributed by atoms with Crippen molar-refractivity contribution in [2.75, 3.05) is 13.2 Å². The van der Waals surface area contributed by atoms with Crippen molar-refractivity contribution >= 4 is 22.6 Å². The van der Waals surface area contributed by atoms with Crippen LogP contribution in [0.2, 0.25) is 36.3 Å². The Hall–Kier alpha value is -0.516. The molecule has 0 aromatic rings. The molecular formula is C35H62O6Si2. The van der Waals surface area contributed by atoms with Gasteiger partial charge in [0.15, 0.2) is 22.4 Å². The minimum atomic E-state index is -1.94. The maximum atomic E-state index is 12.7. The molecule has 1 saturated heterocycles. The Morgan fingerprint density at radius 3 is 2.02 bits per heavy atom. The molecule has 0 amide bonds. The summed E-state index contributed by atoms with van der Waals surface area (Å²) in [5.41, 5.74) is 1.28. The summed E-state index contributed by atoms with van der Waals surface area (Å²) in [6.45, 7) is 21.8. The minimum absolute atomic E-state index is 0.00450. The van der Waals surface area contributed by atoms with Crippen molar-refractivity contribution in [1.82, 2.24) is 0 Å². The highest BCUT2D eigenvalue weighted by atomic mass is 28.4. The van der Waals surface area contributed by atoms with E-state index in [4.69, 9.17) is 23.1 Å². The lowest BCUT2D eigenvalue weighted by atomic mass is 9.46. The van der Waals surface area contributed by atoms with Gasteiger partial charge in [0, 0.05) is 36.9 Å². The van der Waals surface area contributed by atoms with E-state index in [2.05, 4.69) is 61.5 Å². The Bertz CT molecular complexity index is 1020. The van der Waals surface area contributed by atoms with Crippen molar-refractivity contribution in [2.45, 2.75) is 161 Å². The Kier molecular flexibility index (Phi) is 9.91. The molecule has 43 heavy (non-hydrogen) atoms. The molecule has 1 aliphatic heterocycles. The predicted molar refractivity (Wildman–Crippen MR) is 177 cm³/mol. The molecule has 246 valence electrons. The van der Waals surface area contributed by atoms with E-state index in [1.165, 1.54) is 23.7 Å². The first-order valence-electron chi connectivity index (χ1n) is 18.0. The molecule has 0 radical (unpaired) electrons. The van der Waals surface area contributed by atoms with Gasteiger partial charge in [0.1, 0.15) is 6.10 Å². The third-order valence-corrected chi connectivity index (χ3v) is 23.1. The summed E-state index contributed by atoms with van der Waals surface area (Å²) in [5, 5.41) is 0. The Morgan fingerprint density at radius 2 is 1.47 bits per heavy atom. The lowest BCUT2D eigenvalue weighted by Crippen LogP contribution is -2.64. The van der Waals surface area contributed by atoms with E-state index in [0.29, 0.717) is 25.0 Å². The smallest absolute Gasteiger partial charge is 0.303 e. The summed E-state index contributed by atoms with van der Waals surface area (Å²) in [6.07, 6.45) is 8.59. The average molecular weight is 635 g/mol. The van der Waals surface area contributed by atoms with Crippen LogP contribution in [0, 0.1) is 28.6 Å². The monoisotopic (exact) mass is 634 g/mol. The fourth-order valence-electron chi connectivity index (χ4n) is 10.7. The maximum Gasteiger partial charge on any atom is 0.303 e. The van der Waals surface area contributed by atoms with Crippen LogP contribution in [0.15, 0.2) is 11.6 Å². The van der Waals surface area contributed by atoms with E-state index in [1.54, 1.807) is 6.92 Å². The molecule has 8 atom stereocenters. The van der Waals surface area contributed by atoms with E-state index in [0.717, 1.165) is 56.7 Å². The van der Waals surface area contributed by atoms with Crippen LogP contribution in [0.25, 0.3) is 0 Å². The van der Waals surface area contributed by atoms with Gasteiger partial charge < -0.3 is 23.1 Å². The summed E-state index contributed by atoms with van der Waals surface area (Å²) < 4.78 is 34.2. The fourth-order valence-corrected chi connectivity index (χ4v) is 16.5. The number of hydrogen-bond donors (Lipinski definition) is 0. The molecule has 0 aromatic carbocycles. The number of rotatable bonds is 11. The third-order valence-electron chi connectivity index (χ3n) is 13.8. The second kappa shape index (κ2) is 12.6. The third kappa shape index (κ3) is 5.50. The van der Waals surface area contributed by atoms with Gasteiger partial charge in [0.25, 0.3) is 0 Å². The number of fused-ring (bicyclic) bond motifs is 6. The Labute approximate surface area is 264 Å². The van der Waals surface area contributed by atoms with Crippen LogP contribution in [0.4, 0.5) is 0 Å². The molecule has 0 aromatic heterocycles. The molecule has 4 fully saturated rings. The average Bonchev–Trinajstić information content (AvgIpc) is 3.60. The maximum absolute atomic E-state index is 12.7. The van der Waals surface area contributed by atoms with Gasteiger partial charge in [-0.05, 0) is 91.7 Å². The summed E-state index contributed by atoms with van der Waals surface area (Å²) in [7, 11) is -3.67. The highest BCUT2D eigenvalue weighted by Gasteiger charge is 2.71. The summed E-state index contributed by atoms with van der Waals surface area (Å²) in [5.74, 6) is 0.107. The molecule has 6 nitrogen and oxygen atoms in total. The molecule has 5 rings (SSSR count). The quantitative estimate of drug-likeness (QED) is 0.129. The lowest BCUT2D eigenvalue weighted by molar-refractivity contribution is -0.260. The van der Waals surface area contributed by atoms with Crippen LogP contribution in [0.1, 0.15) is 101 Å². The SMILES string of the molecule is CC[Si](CC)(CC)O[C@H]1CC[C@@]2(C)C(=C[C@H](OC(C)=O)[C@@H]3[C@@H]2[C@@H](O[Si](CC)(CC)CC)C[C@@]2(C)[C@H]3CCC23OCCO3)C1. The topological polar surface area (TPSA) is 63.2 Å². The van der Waals surface area contributed by atoms with Crippen molar-refractivity contribution in [3.05, 3.63) is 11.6 Å². The summed E-state index contributed by atoms with van der Waals surface area (Å²) >= 11 is 0. The van der Waals surface area contributed by atoms with Gasteiger partial charge in [-0.15, -0.1) is 0 Å². The molecule has 1 spiro atoms. The second-order valence-corrected chi connectivity index (χ2v) is 24.6. The molecule has 8 heteroatoms. The van der Waals surface area contributed by atoms with Gasteiger partial charge in [0.05, 0.1) is 13.2 Å². The first-order valence-corrected chi connectivity index (χ1v) is 23.0. The highest BCUT2D eigenvalue weighted by molar-refractivity contribution is 6.74. The number of ether oxygens (including phenoxy) is 3. The molecule has 0 bridgehead atoms. The van der Waals surface area contributed by atoms with E-state index in [1.807, 2.05) is 0 Å². The summed E-state index contributed by atoms with van der Waals surface area (Å²) in [4.78, 5) is 12.7. The van der Waals surface area contributed by atoms with E-state index >= 15 is 0 Å². The predicted octanol–water partition coefficient (Wildman–Crippen LogP) is 8.62. The molecule has 0 unspecified atom stereocenters. The first-order chi connectivity index (χ1) is 20.4. The molecular weight excluding hydrogens is 573 g/mol. The van der Waals surface area contributed by atoms with Crippen LogP contribution < -0.4 is 0 Å². The van der Waals surface area contributed by atoms with Crippen molar-refractivity contribution in [1.29, 1.82) is 0 Å². The molecule has 4 aliphatic carbocycles. The van der Waals surface area contributed by atoms with Crippen LogP contribution >= 0.6 is 0 Å². The van der Waals surface area contributed by atoms with Gasteiger partial charge in [-0.1, -0.05) is 61.0 Å². The summed E-state index contributed by atoms with van der Waals surface area (Å²) in [6, 6.07) is 6.92. The normalized spacial score (nSPS) is 38.8. The van der Waals surface area contributed by atoms with Gasteiger partial charge >= 0.3 is 5.97 Å². The zero-order valence-electron chi connectivity index (χ0n) is 28.9. The first kappa shape index (κ1) is 33.8. The molecule has 0 N–H and O–H groups in total.